The summed E-state index contributed by atoms with van der Waals surface area (Å²) in [5, 5.41) is 10.3. The van der Waals surface area contributed by atoms with Crippen LogP contribution >= 0.6 is 0 Å². The fourth-order valence-electron chi connectivity index (χ4n) is 2.21. The molecule has 0 amide bonds. The average molecular weight is 240 g/mol. The number of rotatable bonds is 3. The van der Waals surface area contributed by atoms with E-state index in [1.54, 1.807) is 6.20 Å². The Balaban J connectivity index is 1.80. The molecule has 1 aromatic carbocycles. The van der Waals surface area contributed by atoms with Gasteiger partial charge in [0.25, 0.3) is 0 Å². The molecule has 4 nitrogen and oxygen atoms in total. The van der Waals surface area contributed by atoms with Gasteiger partial charge in [-0.1, -0.05) is 30.3 Å². The van der Waals surface area contributed by atoms with E-state index in [0.717, 1.165) is 29.4 Å². The first kappa shape index (κ1) is 11.0. The molecule has 92 valence electrons. The summed E-state index contributed by atoms with van der Waals surface area (Å²) in [6, 6.07) is 8.10. The van der Waals surface area contributed by atoms with Crippen molar-refractivity contribution in [1.82, 2.24) is 15.6 Å². The van der Waals surface area contributed by atoms with Gasteiger partial charge in [-0.3, -0.25) is 5.43 Å². The Morgan fingerprint density at radius 2 is 2.00 bits per heavy atom. The van der Waals surface area contributed by atoms with Gasteiger partial charge in [0, 0.05) is 16.5 Å². The highest BCUT2D eigenvalue weighted by atomic mass is 15.4. The summed E-state index contributed by atoms with van der Waals surface area (Å²) in [6.07, 6.45) is 8.83. The molecule has 0 atom stereocenters. The lowest BCUT2D eigenvalue weighted by Crippen LogP contribution is -2.23. The van der Waals surface area contributed by atoms with Crippen LogP contribution in [-0.4, -0.2) is 10.2 Å². The van der Waals surface area contributed by atoms with Crippen molar-refractivity contribution in [2.75, 3.05) is 5.43 Å². The molecule has 1 aliphatic carbocycles. The third kappa shape index (κ3) is 2.27. The summed E-state index contributed by atoms with van der Waals surface area (Å²) in [5.41, 5.74) is 7.65. The minimum Gasteiger partial charge on any atom is -0.304 e. The van der Waals surface area contributed by atoms with Gasteiger partial charge >= 0.3 is 0 Å². The maximum Gasteiger partial charge on any atom is 0.174 e. The topological polar surface area (TPSA) is 49.8 Å². The van der Waals surface area contributed by atoms with E-state index in [9.17, 15) is 0 Å². The molecule has 3 rings (SSSR count). The van der Waals surface area contributed by atoms with Crippen molar-refractivity contribution in [3.8, 4) is 0 Å². The monoisotopic (exact) mass is 240 g/mol. The summed E-state index contributed by atoms with van der Waals surface area (Å²) in [4.78, 5) is 0. The molecule has 1 aromatic heterocycles. The van der Waals surface area contributed by atoms with Crippen molar-refractivity contribution in [2.45, 2.75) is 25.7 Å². The molecule has 0 unspecified atom stereocenters. The van der Waals surface area contributed by atoms with E-state index in [1.807, 2.05) is 24.3 Å². The van der Waals surface area contributed by atoms with Crippen LogP contribution in [0.5, 0.6) is 0 Å². The normalized spacial score (nSPS) is 15.2. The molecule has 2 aromatic rings. The van der Waals surface area contributed by atoms with E-state index in [0.29, 0.717) is 0 Å². The van der Waals surface area contributed by atoms with E-state index in [2.05, 4.69) is 27.1 Å². The van der Waals surface area contributed by atoms with Crippen molar-refractivity contribution in [3.63, 3.8) is 0 Å². The second-order valence-corrected chi connectivity index (χ2v) is 4.51. The standard InChI is InChI=1S/C14H16N4/c1-2-7-12(8-3-1)16-18-14-13-9-5-4-6-11(13)10-15-17-14/h4-7,9-10,16H,1-3,8H2,(H,17,18). The summed E-state index contributed by atoms with van der Waals surface area (Å²) < 4.78 is 0. The molecule has 18 heavy (non-hydrogen) atoms. The van der Waals surface area contributed by atoms with E-state index in [-0.39, 0.29) is 0 Å². The number of aromatic nitrogens is 2. The molecule has 4 heteroatoms. The van der Waals surface area contributed by atoms with Crippen molar-refractivity contribution in [3.05, 3.63) is 42.2 Å². The van der Waals surface area contributed by atoms with Crippen LogP contribution in [-0.2, 0) is 0 Å². The minimum atomic E-state index is 0.777. The first-order valence-corrected chi connectivity index (χ1v) is 6.35. The first-order chi connectivity index (χ1) is 8.93. The lowest BCUT2D eigenvalue weighted by Gasteiger charge is -2.16. The van der Waals surface area contributed by atoms with Crippen molar-refractivity contribution >= 4 is 16.6 Å². The van der Waals surface area contributed by atoms with E-state index < -0.39 is 0 Å². The maximum absolute atomic E-state index is 4.14. The number of anilines is 1. The Bertz CT molecular complexity index is 572. The molecule has 0 aliphatic heterocycles. The third-order valence-corrected chi connectivity index (χ3v) is 3.20. The summed E-state index contributed by atoms with van der Waals surface area (Å²) >= 11 is 0. The largest absolute Gasteiger partial charge is 0.304 e. The third-order valence-electron chi connectivity index (χ3n) is 3.20. The smallest absolute Gasteiger partial charge is 0.174 e. The zero-order valence-corrected chi connectivity index (χ0v) is 10.2. The SMILES string of the molecule is C1=C(NNc2nncc3ccccc23)CCCC1. The van der Waals surface area contributed by atoms with Gasteiger partial charge in [0.05, 0.1) is 6.20 Å². The lowest BCUT2D eigenvalue weighted by molar-refractivity contribution is 0.663. The number of hydrazine groups is 1. The molecule has 0 bridgehead atoms. The van der Waals surface area contributed by atoms with E-state index in [4.69, 9.17) is 0 Å². The van der Waals surface area contributed by atoms with Crippen LogP contribution in [0.4, 0.5) is 5.82 Å². The molecular formula is C14H16N4. The van der Waals surface area contributed by atoms with Gasteiger partial charge in [0.1, 0.15) is 0 Å². The zero-order chi connectivity index (χ0) is 12.2. The Hall–Kier alpha value is -2.10. The molecule has 1 heterocycles. The van der Waals surface area contributed by atoms with Crippen LogP contribution in [0.2, 0.25) is 0 Å². The van der Waals surface area contributed by atoms with Crippen molar-refractivity contribution in [1.29, 1.82) is 0 Å². The van der Waals surface area contributed by atoms with E-state index >= 15 is 0 Å². The quantitative estimate of drug-likeness (QED) is 0.810. The van der Waals surface area contributed by atoms with Gasteiger partial charge in [-0.05, 0) is 25.7 Å². The number of allylic oxidation sites excluding steroid dienone is 2. The molecule has 0 saturated heterocycles. The molecule has 0 saturated carbocycles. The Kier molecular flexibility index (Phi) is 3.08. The second kappa shape index (κ2) is 5.04. The molecule has 0 radical (unpaired) electrons. The van der Waals surface area contributed by atoms with Gasteiger partial charge in [-0.25, -0.2) is 0 Å². The summed E-state index contributed by atoms with van der Waals surface area (Å²) in [7, 11) is 0. The lowest BCUT2D eigenvalue weighted by atomic mass is 10.1. The number of nitrogens with one attached hydrogen (secondary N) is 2. The number of nitrogens with zero attached hydrogens (tertiary/aromatic N) is 2. The number of benzene rings is 1. The molecular weight excluding hydrogens is 224 g/mol. The van der Waals surface area contributed by atoms with Gasteiger partial charge in [0.15, 0.2) is 5.82 Å². The summed E-state index contributed by atoms with van der Waals surface area (Å²) in [6.45, 7) is 0. The number of fused-ring (bicyclic) bond motifs is 1. The Labute approximate surface area is 106 Å². The highest BCUT2D eigenvalue weighted by Gasteiger charge is 2.05. The minimum absolute atomic E-state index is 0.777. The molecule has 0 fully saturated rings. The van der Waals surface area contributed by atoms with Crippen LogP contribution in [0.15, 0.2) is 42.2 Å². The first-order valence-electron chi connectivity index (χ1n) is 6.35. The van der Waals surface area contributed by atoms with Crippen molar-refractivity contribution < 1.29 is 0 Å². The fraction of sp³-hybridized carbons (Fsp3) is 0.286. The number of hydrogen-bond acceptors (Lipinski definition) is 4. The highest BCUT2D eigenvalue weighted by molar-refractivity contribution is 5.90. The average Bonchev–Trinajstić information content (AvgIpc) is 2.46. The molecule has 0 spiro atoms. The highest BCUT2D eigenvalue weighted by Crippen LogP contribution is 2.19. The van der Waals surface area contributed by atoms with Gasteiger partial charge in [0.2, 0.25) is 0 Å². The van der Waals surface area contributed by atoms with Crippen LogP contribution in [0.25, 0.3) is 10.8 Å². The summed E-state index contributed by atoms with van der Waals surface area (Å²) in [5.74, 6) is 0.777. The van der Waals surface area contributed by atoms with Gasteiger partial charge in [-0.2, -0.15) is 5.10 Å². The fourth-order valence-corrected chi connectivity index (χ4v) is 2.21. The van der Waals surface area contributed by atoms with E-state index in [1.165, 1.54) is 18.5 Å². The van der Waals surface area contributed by atoms with Crippen molar-refractivity contribution in [2.24, 2.45) is 0 Å². The van der Waals surface area contributed by atoms with Crippen LogP contribution in [0.1, 0.15) is 25.7 Å². The molecule has 2 N–H and O–H groups in total. The van der Waals surface area contributed by atoms with Gasteiger partial charge in [-0.15, -0.1) is 5.10 Å². The van der Waals surface area contributed by atoms with Crippen LogP contribution < -0.4 is 10.9 Å². The van der Waals surface area contributed by atoms with Crippen LogP contribution in [0.3, 0.4) is 0 Å². The Morgan fingerprint density at radius 3 is 2.89 bits per heavy atom. The predicted molar refractivity (Wildman–Crippen MR) is 72.8 cm³/mol. The van der Waals surface area contributed by atoms with Gasteiger partial charge < -0.3 is 5.43 Å². The maximum atomic E-state index is 4.14. The molecule has 1 aliphatic rings. The predicted octanol–water partition coefficient (Wildman–Crippen LogP) is 3.00. The number of hydrogen-bond donors (Lipinski definition) is 2. The zero-order valence-electron chi connectivity index (χ0n) is 10.2. The second-order valence-electron chi connectivity index (χ2n) is 4.51. The van der Waals surface area contributed by atoms with Crippen LogP contribution in [0, 0.1) is 0 Å². The Morgan fingerprint density at radius 1 is 1.06 bits per heavy atom.